The summed E-state index contributed by atoms with van der Waals surface area (Å²) in [6.07, 6.45) is 0. The summed E-state index contributed by atoms with van der Waals surface area (Å²) in [4.78, 5) is 16.5. The highest BCUT2D eigenvalue weighted by Crippen LogP contribution is 2.28. The molecule has 31 heavy (non-hydrogen) atoms. The highest BCUT2D eigenvalue weighted by atomic mass is 16.5. The van der Waals surface area contributed by atoms with E-state index in [0.717, 1.165) is 34.3 Å². The van der Waals surface area contributed by atoms with Crippen LogP contribution in [0.4, 0.5) is 16.3 Å². The van der Waals surface area contributed by atoms with Gasteiger partial charge in [-0.05, 0) is 48.5 Å². The maximum absolute atomic E-state index is 12.6. The van der Waals surface area contributed by atoms with Crippen LogP contribution in [0.2, 0.25) is 0 Å². The number of methoxy groups -OCH3 is 2. The van der Waals surface area contributed by atoms with Gasteiger partial charge in [0.25, 0.3) is 0 Å². The molecule has 1 aromatic heterocycles. The highest BCUT2D eigenvalue weighted by molar-refractivity contribution is 5.89. The Morgan fingerprint density at radius 1 is 0.871 bits per heavy atom. The molecule has 1 N–H and O–H groups in total. The summed E-state index contributed by atoms with van der Waals surface area (Å²) in [5.74, 6) is 2.32. The fraction of sp³-hybridized carbons (Fsp3) is 0.261. The SMILES string of the molecule is COc1ccc(NC(=O)N2CCN(c3ccc(-c4ccccc4OC)nn3)CC2)cc1. The standard InChI is InChI=1S/C23H25N5O3/c1-30-18-9-7-17(8-10-18)24-23(29)28-15-13-27(14-16-28)22-12-11-20(25-26-22)19-5-3-4-6-21(19)31-2/h3-12H,13-16H2,1-2H3,(H,24,29). The van der Waals surface area contributed by atoms with Gasteiger partial charge in [0.1, 0.15) is 11.5 Å². The van der Waals surface area contributed by atoms with E-state index in [2.05, 4.69) is 20.4 Å². The summed E-state index contributed by atoms with van der Waals surface area (Å²) in [5, 5.41) is 11.7. The Morgan fingerprint density at radius 2 is 1.61 bits per heavy atom. The molecule has 0 unspecified atom stereocenters. The van der Waals surface area contributed by atoms with Crippen LogP contribution in [-0.2, 0) is 0 Å². The van der Waals surface area contributed by atoms with E-state index in [1.807, 2.05) is 60.7 Å². The van der Waals surface area contributed by atoms with Gasteiger partial charge in [-0.2, -0.15) is 0 Å². The lowest BCUT2D eigenvalue weighted by Crippen LogP contribution is -2.50. The maximum Gasteiger partial charge on any atom is 0.321 e. The van der Waals surface area contributed by atoms with E-state index in [9.17, 15) is 4.79 Å². The number of carbonyl (C=O) groups is 1. The number of nitrogens with zero attached hydrogens (tertiary/aromatic N) is 4. The van der Waals surface area contributed by atoms with Crippen LogP contribution < -0.4 is 19.7 Å². The second-order valence-electron chi connectivity index (χ2n) is 7.11. The zero-order valence-electron chi connectivity index (χ0n) is 17.6. The molecule has 2 heterocycles. The van der Waals surface area contributed by atoms with Crippen molar-refractivity contribution in [1.29, 1.82) is 0 Å². The second-order valence-corrected chi connectivity index (χ2v) is 7.11. The zero-order valence-corrected chi connectivity index (χ0v) is 17.6. The first kappa shape index (κ1) is 20.5. The Balaban J connectivity index is 1.34. The quantitative estimate of drug-likeness (QED) is 0.682. The second kappa shape index (κ2) is 9.34. The van der Waals surface area contributed by atoms with Gasteiger partial charge in [0, 0.05) is 37.4 Å². The Kier molecular flexibility index (Phi) is 6.16. The van der Waals surface area contributed by atoms with Gasteiger partial charge in [0.2, 0.25) is 0 Å². The van der Waals surface area contributed by atoms with E-state index in [1.54, 1.807) is 19.1 Å². The van der Waals surface area contributed by atoms with Crippen molar-refractivity contribution in [3.63, 3.8) is 0 Å². The van der Waals surface area contributed by atoms with Gasteiger partial charge in [0.15, 0.2) is 5.82 Å². The number of benzene rings is 2. The van der Waals surface area contributed by atoms with Crippen molar-refractivity contribution in [1.82, 2.24) is 15.1 Å². The Hall–Kier alpha value is -3.81. The van der Waals surface area contributed by atoms with Crippen molar-refractivity contribution in [2.75, 3.05) is 50.6 Å². The zero-order chi connectivity index (χ0) is 21.6. The molecule has 0 aliphatic carbocycles. The number of aromatic nitrogens is 2. The van der Waals surface area contributed by atoms with E-state index in [-0.39, 0.29) is 6.03 Å². The largest absolute Gasteiger partial charge is 0.497 e. The van der Waals surface area contributed by atoms with Crippen molar-refractivity contribution in [3.05, 3.63) is 60.7 Å². The van der Waals surface area contributed by atoms with E-state index in [1.165, 1.54) is 0 Å². The number of hydrogen-bond acceptors (Lipinski definition) is 6. The molecule has 1 aliphatic heterocycles. The fourth-order valence-corrected chi connectivity index (χ4v) is 3.51. The molecule has 1 aliphatic rings. The molecule has 2 aromatic carbocycles. The summed E-state index contributed by atoms with van der Waals surface area (Å²) in [6.45, 7) is 2.60. The predicted octanol–water partition coefficient (Wildman–Crippen LogP) is 3.51. The summed E-state index contributed by atoms with van der Waals surface area (Å²) < 4.78 is 10.5. The van der Waals surface area contributed by atoms with Crippen LogP contribution in [0.1, 0.15) is 0 Å². The molecule has 1 fully saturated rings. The summed E-state index contributed by atoms with van der Waals surface area (Å²) >= 11 is 0. The molecule has 8 nitrogen and oxygen atoms in total. The number of urea groups is 1. The van der Waals surface area contributed by atoms with E-state index in [0.29, 0.717) is 26.2 Å². The molecular formula is C23H25N5O3. The van der Waals surface area contributed by atoms with Gasteiger partial charge in [-0.25, -0.2) is 4.79 Å². The minimum absolute atomic E-state index is 0.109. The molecule has 160 valence electrons. The predicted molar refractivity (Wildman–Crippen MR) is 120 cm³/mol. The normalized spacial score (nSPS) is 13.6. The third-order valence-corrected chi connectivity index (χ3v) is 5.27. The first-order valence-corrected chi connectivity index (χ1v) is 10.1. The minimum atomic E-state index is -0.109. The van der Waals surface area contributed by atoms with Crippen LogP contribution in [0.5, 0.6) is 11.5 Å². The summed E-state index contributed by atoms with van der Waals surface area (Å²) in [5.41, 5.74) is 2.41. The molecule has 1 saturated heterocycles. The lowest BCUT2D eigenvalue weighted by atomic mass is 10.1. The van der Waals surface area contributed by atoms with Crippen molar-refractivity contribution in [2.45, 2.75) is 0 Å². The average molecular weight is 419 g/mol. The Morgan fingerprint density at radius 3 is 2.26 bits per heavy atom. The van der Waals surface area contributed by atoms with E-state index < -0.39 is 0 Å². The fourth-order valence-electron chi connectivity index (χ4n) is 3.51. The monoisotopic (exact) mass is 419 g/mol. The van der Waals surface area contributed by atoms with Crippen molar-refractivity contribution < 1.29 is 14.3 Å². The number of amides is 2. The summed E-state index contributed by atoms with van der Waals surface area (Å²) in [7, 11) is 3.26. The van der Waals surface area contributed by atoms with Crippen LogP contribution >= 0.6 is 0 Å². The molecule has 2 amide bonds. The van der Waals surface area contributed by atoms with Crippen molar-refractivity contribution >= 4 is 17.5 Å². The van der Waals surface area contributed by atoms with Gasteiger partial charge >= 0.3 is 6.03 Å². The number of nitrogens with one attached hydrogen (secondary N) is 1. The first-order chi connectivity index (χ1) is 15.2. The summed E-state index contributed by atoms with van der Waals surface area (Å²) in [6, 6.07) is 18.8. The number of anilines is 2. The lowest BCUT2D eigenvalue weighted by Gasteiger charge is -2.35. The van der Waals surface area contributed by atoms with Gasteiger partial charge in [-0.1, -0.05) is 12.1 Å². The molecule has 4 rings (SSSR count). The Bertz CT molecular complexity index is 1020. The topological polar surface area (TPSA) is 79.8 Å². The molecule has 0 atom stereocenters. The van der Waals surface area contributed by atoms with Crippen LogP contribution in [0.3, 0.4) is 0 Å². The number of piperazine rings is 1. The molecule has 0 spiro atoms. The van der Waals surface area contributed by atoms with Crippen LogP contribution in [0, 0.1) is 0 Å². The van der Waals surface area contributed by atoms with Crippen LogP contribution in [0.25, 0.3) is 11.3 Å². The number of carbonyl (C=O) groups excluding carboxylic acids is 1. The van der Waals surface area contributed by atoms with Gasteiger partial charge < -0.3 is 24.6 Å². The molecule has 3 aromatic rings. The number of para-hydroxylation sites is 1. The van der Waals surface area contributed by atoms with Crippen LogP contribution in [0.15, 0.2) is 60.7 Å². The molecule has 8 heteroatoms. The number of hydrogen-bond donors (Lipinski definition) is 1. The van der Waals surface area contributed by atoms with E-state index >= 15 is 0 Å². The minimum Gasteiger partial charge on any atom is -0.497 e. The average Bonchev–Trinajstić information content (AvgIpc) is 2.84. The third-order valence-electron chi connectivity index (χ3n) is 5.27. The van der Waals surface area contributed by atoms with Crippen molar-refractivity contribution in [3.8, 4) is 22.8 Å². The number of ether oxygens (including phenoxy) is 2. The molecule has 0 saturated carbocycles. The number of rotatable bonds is 5. The van der Waals surface area contributed by atoms with E-state index in [4.69, 9.17) is 9.47 Å². The van der Waals surface area contributed by atoms with Crippen LogP contribution in [-0.4, -0.2) is 61.5 Å². The van der Waals surface area contributed by atoms with Gasteiger partial charge in [-0.15, -0.1) is 10.2 Å². The lowest BCUT2D eigenvalue weighted by molar-refractivity contribution is 0.208. The van der Waals surface area contributed by atoms with Gasteiger partial charge in [0.05, 0.1) is 19.9 Å². The Labute approximate surface area is 181 Å². The smallest absolute Gasteiger partial charge is 0.321 e. The molecule has 0 radical (unpaired) electrons. The first-order valence-electron chi connectivity index (χ1n) is 10.1. The third kappa shape index (κ3) is 4.69. The highest BCUT2D eigenvalue weighted by Gasteiger charge is 2.22. The molecular weight excluding hydrogens is 394 g/mol. The van der Waals surface area contributed by atoms with Crippen molar-refractivity contribution in [2.24, 2.45) is 0 Å². The molecule has 0 bridgehead atoms. The van der Waals surface area contributed by atoms with Gasteiger partial charge in [-0.3, -0.25) is 0 Å². The maximum atomic E-state index is 12.6.